The monoisotopic (exact) mass is 472 g/mol. The summed E-state index contributed by atoms with van der Waals surface area (Å²) in [4.78, 5) is 27.9. The highest BCUT2D eigenvalue weighted by molar-refractivity contribution is 5.82. The molecule has 0 saturated heterocycles. The maximum Gasteiger partial charge on any atom is 0.226 e. The number of allylic oxidation sites excluding steroid dienone is 2. The van der Waals surface area contributed by atoms with E-state index in [9.17, 15) is 9.59 Å². The summed E-state index contributed by atoms with van der Waals surface area (Å²) >= 11 is 0. The largest absolute Gasteiger partial charge is 0.363 e. The topological polar surface area (TPSA) is 40.6 Å². The number of nitrogens with zero attached hydrogens (tertiary/aromatic N) is 2. The number of benzene rings is 2. The van der Waals surface area contributed by atoms with Crippen LogP contribution in [0.2, 0.25) is 0 Å². The molecule has 1 heterocycles. The van der Waals surface area contributed by atoms with Gasteiger partial charge in [-0.15, -0.1) is 0 Å². The number of fused-ring (bicyclic) bond motifs is 1. The molecule has 4 heteroatoms. The molecular formula is C31H40N2O2. The Morgan fingerprint density at radius 3 is 2.11 bits per heavy atom. The number of carbonyl (C=O) groups excluding carboxylic acids is 2. The van der Waals surface area contributed by atoms with Gasteiger partial charge in [0, 0.05) is 37.8 Å². The van der Waals surface area contributed by atoms with Crippen LogP contribution < -0.4 is 4.90 Å². The third-order valence-corrected chi connectivity index (χ3v) is 7.86. The van der Waals surface area contributed by atoms with Gasteiger partial charge in [0.25, 0.3) is 0 Å². The molecule has 2 aromatic rings. The maximum absolute atomic E-state index is 12.5. The summed E-state index contributed by atoms with van der Waals surface area (Å²) in [5, 5.41) is 0. The van der Waals surface area contributed by atoms with Crippen molar-refractivity contribution in [2.75, 3.05) is 11.9 Å². The van der Waals surface area contributed by atoms with Crippen LogP contribution in [-0.2, 0) is 22.7 Å². The van der Waals surface area contributed by atoms with Crippen molar-refractivity contribution in [3.63, 3.8) is 0 Å². The number of aryl methyl sites for hydroxylation is 2. The van der Waals surface area contributed by atoms with E-state index in [1.54, 1.807) is 0 Å². The first-order chi connectivity index (χ1) is 17.0. The van der Waals surface area contributed by atoms with Crippen LogP contribution in [-0.4, -0.2) is 30.2 Å². The predicted octanol–water partition coefficient (Wildman–Crippen LogP) is 6.38. The van der Waals surface area contributed by atoms with Crippen molar-refractivity contribution in [3.05, 3.63) is 76.9 Å². The van der Waals surface area contributed by atoms with Crippen molar-refractivity contribution in [1.82, 2.24) is 4.90 Å². The van der Waals surface area contributed by atoms with Crippen LogP contribution in [0.5, 0.6) is 0 Å². The molecule has 2 atom stereocenters. The highest BCUT2D eigenvalue weighted by Crippen LogP contribution is 2.30. The van der Waals surface area contributed by atoms with Crippen molar-refractivity contribution in [2.45, 2.75) is 77.9 Å². The van der Waals surface area contributed by atoms with E-state index < -0.39 is 0 Å². The highest BCUT2D eigenvalue weighted by atomic mass is 16.2. The van der Waals surface area contributed by atoms with Gasteiger partial charge < -0.3 is 14.6 Å². The number of rotatable bonds is 4. The zero-order valence-electron chi connectivity index (χ0n) is 21.6. The minimum absolute atomic E-state index is 0.117. The summed E-state index contributed by atoms with van der Waals surface area (Å²) < 4.78 is 0. The summed E-state index contributed by atoms with van der Waals surface area (Å²) in [6.45, 7) is 6.41. The molecule has 1 aliphatic heterocycles. The first-order valence-corrected chi connectivity index (χ1v) is 13.2. The van der Waals surface area contributed by atoms with Crippen LogP contribution in [0.4, 0.5) is 5.69 Å². The number of anilines is 1. The summed E-state index contributed by atoms with van der Waals surface area (Å²) in [6, 6.07) is 15.9. The smallest absolute Gasteiger partial charge is 0.226 e. The molecule has 1 fully saturated rings. The molecule has 35 heavy (non-hydrogen) atoms. The Hall–Kier alpha value is -2.88. The minimum atomic E-state index is -0.126. The molecule has 0 N–H and O–H groups in total. The molecular weight excluding hydrogens is 432 g/mol. The van der Waals surface area contributed by atoms with Crippen molar-refractivity contribution >= 4 is 17.9 Å². The first-order valence-electron chi connectivity index (χ1n) is 13.2. The second-order valence-electron chi connectivity index (χ2n) is 10.6. The van der Waals surface area contributed by atoms with Gasteiger partial charge in [-0.25, -0.2) is 0 Å². The van der Waals surface area contributed by atoms with Crippen molar-refractivity contribution in [1.29, 1.82) is 0 Å². The summed E-state index contributed by atoms with van der Waals surface area (Å²) in [5.74, 6) is -0.0729. The second-order valence-corrected chi connectivity index (χ2v) is 10.6. The molecule has 0 bridgehead atoms. The molecule has 0 radical (unpaired) electrons. The van der Waals surface area contributed by atoms with Gasteiger partial charge in [0.1, 0.15) is 6.29 Å². The van der Waals surface area contributed by atoms with Gasteiger partial charge in [-0.2, -0.15) is 0 Å². The normalized spacial score (nSPS) is 21.6. The number of hydrogen-bond donors (Lipinski definition) is 0. The van der Waals surface area contributed by atoms with Crippen LogP contribution in [0, 0.1) is 25.7 Å². The first kappa shape index (κ1) is 25.2. The molecule has 2 aromatic carbocycles. The zero-order valence-corrected chi connectivity index (χ0v) is 21.6. The molecule has 0 aromatic heterocycles. The lowest BCUT2D eigenvalue weighted by Crippen LogP contribution is -2.44. The van der Waals surface area contributed by atoms with E-state index in [1.807, 2.05) is 24.1 Å². The summed E-state index contributed by atoms with van der Waals surface area (Å²) in [6.07, 6.45) is 12.4. The van der Waals surface area contributed by atoms with Gasteiger partial charge in [0.2, 0.25) is 5.91 Å². The van der Waals surface area contributed by atoms with Crippen LogP contribution in [0.1, 0.15) is 67.2 Å². The molecule has 4 nitrogen and oxygen atoms in total. The molecule has 186 valence electrons. The Morgan fingerprint density at radius 1 is 0.914 bits per heavy atom. The number of hydrogen-bond acceptors (Lipinski definition) is 3. The lowest BCUT2D eigenvalue weighted by atomic mass is 9.82. The average Bonchev–Trinajstić information content (AvgIpc) is 3.33. The van der Waals surface area contributed by atoms with E-state index in [0.717, 1.165) is 45.1 Å². The van der Waals surface area contributed by atoms with Crippen molar-refractivity contribution < 1.29 is 9.59 Å². The van der Waals surface area contributed by atoms with E-state index in [0.29, 0.717) is 6.04 Å². The van der Waals surface area contributed by atoms with Gasteiger partial charge in [-0.3, -0.25) is 4.79 Å². The van der Waals surface area contributed by atoms with E-state index in [2.05, 4.69) is 61.2 Å². The third kappa shape index (κ3) is 6.22. The Morgan fingerprint density at radius 2 is 1.51 bits per heavy atom. The lowest BCUT2D eigenvalue weighted by molar-refractivity contribution is -0.140. The number of amides is 1. The average molecular weight is 473 g/mol. The molecule has 2 aliphatic carbocycles. The molecule has 5 rings (SSSR count). The van der Waals surface area contributed by atoms with E-state index in [4.69, 9.17) is 0 Å². The molecule has 1 amide bonds. The van der Waals surface area contributed by atoms with E-state index >= 15 is 0 Å². The fraction of sp³-hybridized carbons (Fsp3) is 0.484. The Labute approximate surface area is 211 Å². The Balaban J connectivity index is 0.000000165. The molecule has 1 saturated carbocycles. The van der Waals surface area contributed by atoms with Crippen LogP contribution in [0.3, 0.4) is 0 Å². The zero-order chi connectivity index (χ0) is 24.8. The fourth-order valence-electron chi connectivity index (χ4n) is 5.83. The van der Waals surface area contributed by atoms with Crippen LogP contribution in [0.25, 0.3) is 0 Å². The number of aldehydes is 1. The van der Waals surface area contributed by atoms with Gasteiger partial charge in [-0.1, -0.05) is 61.7 Å². The molecule has 3 aliphatic rings. The van der Waals surface area contributed by atoms with Gasteiger partial charge in [0.05, 0.1) is 5.92 Å². The van der Waals surface area contributed by atoms with Gasteiger partial charge in [-0.05, 0) is 73.9 Å². The highest BCUT2D eigenvalue weighted by Gasteiger charge is 2.33. The lowest BCUT2D eigenvalue weighted by Gasteiger charge is -2.35. The second kappa shape index (κ2) is 11.7. The van der Waals surface area contributed by atoms with Gasteiger partial charge in [0.15, 0.2) is 0 Å². The summed E-state index contributed by atoms with van der Waals surface area (Å²) in [5.41, 5.74) is 6.96. The van der Waals surface area contributed by atoms with E-state index in [-0.39, 0.29) is 17.7 Å². The van der Waals surface area contributed by atoms with Crippen molar-refractivity contribution in [3.8, 4) is 0 Å². The molecule has 0 spiro atoms. The van der Waals surface area contributed by atoms with Crippen LogP contribution >= 0.6 is 0 Å². The quantitative estimate of drug-likeness (QED) is 0.383. The standard InChI is InChI=1S/C16H17N.C15H23NO2/c1-12-7-13(2)9-16(8-12)17-10-14-5-3-4-6-15(14)11-17;1-16(13-8-3-2-4-9-13)15(18)14-10-6-5-7-12(14)11-17/h3-9H,10-11H2,1-2H3;5-6,11-14H,2-4,7-10H2,1H3. The fourth-order valence-corrected chi connectivity index (χ4v) is 5.83. The van der Waals surface area contributed by atoms with Crippen LogP contribution in [0.15, 0.2) is 54.6 Å². The third-order valence-electron chi connectivity index (χ3n) is 7.86. The number of carbonyl (C=O) groups is 2. The summed E-state index contributed by atoms with van der Waals surface area (Å²) in [7, 11) is 1.92. The minimum Gasteiger partial charge on any atom is -0.363 e. The predicted molar refractivity (Wildman–Crippen MR) is 143 cm³/mol. The Kier molecular flexibility index (Phi) is 8.43. The SMILES string of the molecule is CN(C(=O)C1CC=CCC1C=O)C1CCCCC1.Cc1cc(C)cc(N2Cc3ccccc3C2)c1. The van der Waals surface area contributed by atoms with E-state index in [1.165, 1.54) is 47.2 Å². The maximum atomic E-state index is 12.5. The molecule has 2 unspecified atom stereocenters. The van der Waals surface area contributed by atoms with Gasteiger partial charge >= 0.3 is 0 Å². The Bertz CT molecular complexity index is 1010. The van der Waals surface area contributed by atoms with Crippen molar-refractivity contribution in [2.24, 2.45) is 11.8 Å².